The highest BCUT2D eigenvalue weighted by Gasteiger charge is 2.30. The average molecular weight is 405 g/mol. The Morgan fingerprint density at radius 2 is 0.742 bits per heavy atom. The maximum absolute atomic E-state index is 13.6. The molecule has 152 valence electrons. The van der Waals surface area contributed by atoms with Crippen molar-refractivity contribution in [3.63, 3.8) is 0 Å². The first kappa shape index (κ1) is 20.5. The lowest BCUT2D eigenvalue weighted by Crippen LogP contribution is -2.21. The number of carbonyl (C=O) groups excluding carboxylic acids is 2. The van der Waals surface area contributed by atoms with Gasteiger partial charge in [0.1, 0.15) is 0 Å². The van der Waals surface area contributed by atoms with Crippen molar-refractivity contribution in [2.45, 2.75) is 18.3 Å². The van der Waals surface area contributed by atoms with Gasteiger partial charge in [-0.2, -0.15) is 0 Å². The minimum absolute atomic E-state index is 0.0357. The van der Waals surface area contributed by atoms with Gasteiger partial charge in [0.15, 0.2) is 11.6 Å². The highest BCUT2D eigenvalue weighted by atomic mass is 16.1. The van der Waals surface area contributed by atoms with Crippen molar-refractivity contribution in [3.8, 4) is 0 Å². The molecular weight excluding hydrogens is 380 g/mol. The predicted octanol–water partition coefficient (Wildman–Crippen LogP) is 6.71. The van der Waals surface area contributed by atoms with Gasteiger partial charge in [0.2, 0.25) is 0 Å². The molecule has 0 saturated heterocycles. The minimum atomic E-state index is -0.415. The lowest BCUT2D eigenvalue weighted by atomic mass is 9.78. The lowest BCUT2D eigenvalue weighted by molar-refractivity contribution is 0.0918. The van der Waals surface area contributed by atoms with E-state index in [-0.39, 0.29) is 11.6 Å². The van der Waals surface area contributed by atoms with E-state index in [0.29, 0.717) is 17.5 Å². The van der Waals surface area contributed by atoms with Gasteiger partial charge in [0, 0.05) is 23.0 Å². The third-order valence-corrected chi connectivity index (χ3v) is 5.62. The van der Waals surface area contributed by atoms with E-state index < -0.39 is 11.8 Å². The number of rotatable bonds is 8. The van der Waals surface area contributed by atoms with Crippen LogP contribution in [0.2, 0.25) is 0 Å². The first-order valence-electron chi connectivity index (χ1n) is 10.5. The SMILES string of the molecule is O=C(c1ccccc1)[C@@H](C[C@@H](C(=O)c1ccccc1)c1ccccc1)c1ccccc1. The van der Waals surface area contributed by atoms with Gasteiger partial charge >= 0.3 is 0 Å². The Balaban J connectivity index is 1.75. The Morgan fingerprint density at radius 1 is 0.452 bits per heavy atom. The van der Waals surface area contributed by atoms with Gasteiger partial charge in [0.25, 0.3) is 0 Å². The molecule has 0 aliphatic heterocycles. The van der Waals surface area contributed by atoms with Crippen LogP contribution in [0.3, 0.4) is 0 Å². The van der Waals surface area contributed by atoms with Gasteiger partial charge in [-0.1, -0.05) is 121 Å². The van der Waals surface area contributed by atoms with E-state index in [4.69, 9.17) is 0 Å². The molecule has 0 aliphatic rings. The summed E-state index contributed by atoms with van der Waals surface area (Å²) in [7, 11) is 0. The standard InChI is InChI=1S/C29H24O2/c30-28(24-17-9-3-10-18-24)26(22-13-5-1-6-14-22)21-27(23-15-7-2-8-16-23)29(31)25-19-11-4-12-20-25/h1-20,26-27H,21H2/t26-,27+. The van der Waals surface area contributed by atoms with Crippen molar-refractivity contribution in [2.24, 2.45) is 0 Å². The number of Topliss-reactive ketones (excluding diaryl/α,β-unsaturated/α-hetero) is 2. The number of ketones is 2. The summed E-state index contributed by atoms with van der Waals surface area (Å²) >= 11 is 0. The van der Waals surface area contributed by atoms with Crippen LogP contribution >= 0.6 is 0 Å². The third kappa shape index (κ3) is 4.87. The van der Waals surface area contributed by atoms with Gasteiger partial charge < -0.3 is 0 Å². The normalized spacial score (nSPS) is 12.6. The van der Waals surface area contributed by atoms with Crippen LogP contribution in [0, 0.1) is 0 Å². The molecule has 2 heteroatoms. The van der Waals surface area contributed by atoms with Crippen molar-refractivity contribution >= 4 is 11.6 Å². The van der Waals surface area contributed by atoms with Gasteiger partial charge in [-0.15, -0.1) is 0 Å². The molecular formula is C29H24O2. The zero-order valence-corrected chi connectivity index (χ0v) is 17.2. The second-order valence-electron chi connectivity index (χ2n) is 7.62. The van der Waals surface area contributed by atoms with Gasteiger partial charge in [-0.25, -0.2) is 0 Å². The molecule has 0 amide bonds. The van der Waals surface area contributed by atoms with Crippen LogP contribution < -0.4 is 0 Å². The highest BCUT2D eigenvalue weighted by Crippen LogP contribution is 2.34. The second-order valence-corrected chi connectivity index (χ2v) is 7.62. The molecule has 2 nitrogen and oxygen atoms in total. The maximum atomic E-state index is 13.6. The van der Waals surface area contributed by atoms with Crippen molar-refractivity contribution in [1.82, 2.24) is 0 Å². The highest BCUT2D eigenvalue weighted by molar-refractivity contribution is 6.04. The smallest absolute Gasteiger partial charge is 0.170 e. The van der Waals surface area contributed by atoms with Gasteiger partial charge in [-0.05, 0) is 17.5 Å². The van der Waals surface area contributed by atoms with E-state index >= 15 is 0 Å². The molecule has 4 aromatic rings. The van der Waals surface area contributed by atoms with E-state index in [1.165, 1.54) is 0 Å². The summed E-state index contributed by atoms with van der Waals surface area (Å²) in [5.41, 5.74) is 3.18. The molecule has 0 radical (unpaired) electrons. The second kappa shape index (κ2) is 9.82. The van der Waals surface area contributed by atoms with E-state index in [1.807, 2.05) is 121 Å². The van der Waals surface area contributed by atoms with Crippen molar-refractivity contribution < 1.29 is 9.59 Å². The molecule has 0 heterocycles. The topological polar surface area (TPSA) is 34.1 Å². The molecule has 0 bridgehead atoms. The fourth-order valence-corrected chi connectivity index (χ4v) is 4.00. The molecule has 0 spiro atoms. The minimum Gasteiger partial charge on any atom is -0.293 e. The lowest BCUT2D eigenvalue weighted by Gasteiger charge is -2.23. The quantitative estimate of drug-likeness (QED) is 0.306. The molecule has 0 aromatic heterocycles. The summed E-state index contributed by atoms with van der Waals surface area (Å²) in [5, 5.41) is 0. The Kier molecular flexibility index (Phi) is 6.49. The van der Waals surface area contributed by atoms with Crippen molar-refractivity contribution in [3.05, 3.63) is 144 Å². The number of benzene rings is 4. The van der Waals surface area contributed by atoms with E-state index in [9.17, 15) is 9.59 Å². The fraction of sp³-hybridized carbons (Fsp3) is 0.103. The third-order valence-electron chi connectivity index (χ3n) is 5.62. The molecule has 31 heavy (non-hydrogen) atoms. The van der Waals surface area contributed by atoms with Crippen LogP contribution in [0.15, 0.2) is 121 Å². The maximum Gasteiger partial charge on any atom is 0.170 e. The van der Waals surface area contributed by atoms with Crippen LogP contribution in [-0.2, 0) is 0 Å². The fourth-order valence-electron chi connectivity index (χ4n) is 4.00. The summed E-state index contributed by atoms with van der Waals surface area (Å²) in [6.45, 7) is 0. The Labute approximate surface area is 183 Å². The predicted molar refractivity (Wildman–Crippen MR) is 125 cm³/mol. The van der Waals surface area contributed by atoms with Crippen LogP contribution in [0.1, 0.15) is 50.1 Å². The van der Waals surface area contributed by atoms with E-state index in [0.717, 1.165) is 11.1 Å². The Hall–Kier alpha value is -3.78. The van der Waals surface area contributed by atoms with Crippen LogP contribution in [0.4, 0.5) is 0 Å². The molecule has 4 rings (SSSR count). The first-order chi connectivity index (χ1) is 15.2. The van der Waals surface area contributed by atoms with Gasteiger partial charge in [-0.3, -0.25) is 9.59 Å². The molecule has 2 atom stereocenters. The van der Waals surface area contributed by atoms with Crippen molar-refractivity contribution in [2.75, 3.05) is 0 Å². The van der Waals surface area contributed by atoms with Gasteiger partial charge in [0.05, 0.1) is 0 Å². The summed E-state index contributed by atoms with van der Waals surface area (Å²) < 4.78 is 0. The summed E-state index contributed by atoms with van der Waals surface area (Å²) in [6, 6.07) is 38.2. The largest absolute Gasteiger partial charge is 0.293 e. The molecule has 0 unspecified atom stereocenters. The zero-order valence-electron chi connectivity index (χ0n) is 17.2. The molecule has 0 N–H and O–H groups in total. The summed E-state index contributed by atoms with van der Waals surface area (Å²) in [4.78, 5) is 27.1. The zero-order chi connectivity index (χ0) is 21.5. The van der Waals surface area contributed by atoms with Crippen LogP contribution in [-0.4, -0.2) is 11.6 Å². The monoisotopic (exact) mass is 404 g/mol. The van der Waals surface area contributed by atoms with E-state index in [2.05, 4.69) is 0 Å². The molecule has 0 aliphatic carbocycles. The summed E-state index contributed by atoms with van der Waals surface area (Å²) in [6.07, 6.45) is 0.412. The summed E-state index contributed by atoms with van der Waals surface area (Å²) in [5.74, 6) is -0.759. The van der Waals surface area contributed by atoms with Crippen LogP contribution in [0.5, 0.6) is 0 Å². The Morgan fingerprint density at radius 3 is 1.06 bits per heavy atom. The molecule has 4 aromatic carbocycles. The molecule has 0 fully saturated rings. The van der Waals surface area contributed by atoms with E-state index in [1.54, 1.807) is 0 Å². The van der Waals surface area contributed by atoms with Crippen molar-refractivity contribution in [1.29, 1.82) is 0 Å². The first-order valence-corrected chi connectivity index (χ1v) is 10.5. The van der Waals surface area contributed by atoms with Crippen LogP contribution in [0.25, 0.3) is 0 Å². The number of carbonyl (C=O) groups is 2. The molecule has 0 saturated carbocycles. The number of hydrogen-bond acceptors (Lipinski definition) is 2. The average Bonchev–Trinajstić information content (AvgIpc) is 2.86. The number of hydrogen-bond donors (Lipinski definition) is 0. The Bertz CT molecular complexity index is 1030.